The van der Waals surface area contributed by atoms with Gasteiger partial charge in [-0.3, -0.25) is 0 Å². The van der Waals surface area contributed by atoms with Crippen molar-refractivity contribution in [1.82, 2.24) is 0 Å². The van der Waals surface area contributed by atoms with E-state index < -0.39 is 8.56 Å². The molecule has 0 heterocycles. The van der Waals surface area contributed by atoms with Crippen LogP contribution in [0.3, 0.4) is 0 Å². The minimum absolute atomic E-state index is 0.264. The molecule has 4 nitrogen and oxygen atoms in total. The minimum Gasteiger partial charge on any atom is -0.462 e. The summed E-state index contributed by atoms with van der Waals surface area (Å²) in [6, 6.07) is 2.25. The standard InChI is InChI=1S/C23H46O4Si/c1-6-20-28(25-4,26-5)21-18-16-14-12-10-8-7-9-11-13-15-17-19-27-23(24)22(2)3/h2,6-21H2,1,3-5H3. The Morgan fingerprint density at radius 2 is 1.18 bits per heavy atom. The molecule has 5 heteroatoms. The van der Waals surface area contributed by atoms with Gasteiger partial charge < -0.3 is 13.6 Å². The Kier molecular flexibility index (Phi) is 18.0. The minimum atomic E-state index is -1.89. The van der Waals surface area contributed by atoms with Crippen LogP contribution in [0.4, 0.5) is 0 Å². The Morgan fingerprint density at radius 3 is 1.57 bits per heavy atom. The molecule has 0 amide bonds. The molecule has 166 valence electrons. The lowest BCUT2D eigenvalue weighted by Gasteiger charge is -2.27. The number of carbonyl (C=O) groups is 1. The molecule has 0 aliphatic rings. The molecule has 0 rings (SSSR count). The Hall–Kier alpha value is -0.653. The number of carbonyl (C=O) groups excluding carboxylic acids is 1. The van der Waals surface area contributed by atoms with Crippen LogP contribution in [-0.2, 0) is 18.4 Å². The van der Waals surface area contributed by atoms with Crippen molar-refractivity contribution in [2.24, 2.45) is 0 Å². The van der Waals surface area contributed by atoms with E-state index in [2.05, 4.69) is 13.5 Å². The van der Waals surface area contributed by atoms with E-state index in [-0.39, 0.29) is 5.97 Å². The van der Waals surface area contributed by atoms with Crippen LogP contribution in [0.25, 0.3) is 0 Å². The van der Waals surface area contributed by atoms with Crippen LogP contribution in [-0.4, -0.2) is 35.4 Å². The molecule has 28 heavy (non-hydrogen) atoms. The molecule has 0 N–H and O–H groups in total. The number of esters is 1. The Bertz CT molecular complexity index is 394. The number of hydrogen-bond acceptors (Lipinski definition) is 4. The Balaban J connectivity index is 3.36. The van der Waals surface area contributed by atoms with Crippen LogP contribution < -0.4 is 0 Å². The van der Waals surface area contributed by atoms with Crippen molar-refractivity contribution in [3.8, 4) is 0 Å². The first-order valence-corrected chi connectivity index (χ1v) is 13.7. The summed E-state index contributed by atoms with van der Waals surface area (Å²) in [4.78, 5) is 11.2. The van der Waals surface area contributed by atoms with Crippen molar-refractivity contribution < 1.29 is 18.4 Å². The molecular formula is C23H46O4Si. The first kappa shape index (κ1) is 27.3. The van der Waals surface area contributed by atoms with E-state index in [1.807, 2.05) is 14.2 Å². The van der Waals surface area contributed by atoms with E-state index in [9.17, 15) is 4.79 Å². The van der Waals surface area contributed by atoms with Gasteiger partial charge in [0.15, 0.2) is 0 Å². The average molecular weight is 415 g/mol. The van der Waals surface area contributed by atoms with Gasteiger partial charge in [-0.05, 0) is 25.4 Å². The largest absolute Gasteiger partial charge is 0.462 e. The van der Waals surface area contributed by atoms with E-state index in [1.54, 1.807) is 6.92 Å². The molecule has 0 spiro atoms. The highest BCUT2D eigenvalue weighted by Gasteiger charge is 2.33. The summed E-state index contributed by atoms with van der Waals surface area (Å²) in [6.07, 6.45) is 16.5. The summed E-state index contributed by atoms with van der Waals surface area (Å²) in [6.45, 7) is 8.01. The lowest BCUT2D eigenvalue weighted by molar-refractivity contribution is -0.139. The van der Waals surface area contributed by atoms with Gasteiger partial charge in [-0.2, -0.15) is 0 Å². The lowest BCUT2D eigenvalue weighted by Crippen LogP contribution is -2.39. The van der Waals surface area contributed by atoms with Crippen LogP contribution in [0, 0.1) is 0 Å². The van der Waals surface area contributed by atoms with Crippen molar-refractivity contribution in [2.75, 3.05) is 20.8 Å². The van der Waals surface area contributed by atoms with Crippen LogP contribution in [0.2, 0.25) is 12.1 Å². The van der Waals surface area contributed by atoms with Crippen molar-refractivity contribution in [3.63, 3.8) is 0 Å². The molecule has 0 bridgehead atoms. The third-order valence-corrected chi connectivity index (χ3v) is 9.27. The van der Waals surface area contributed by atoms with E-state index in [0.717, 1.165) is 31.4 Å². The first-order chi connectivity index (χ1) is 13.5. The van der Waals surface area contributed by atoms with Crippen LogP contribution in [0.15, 0.2) is 12.2 Å². The molecular weight excluding hydrogens is 368 g/mol. The summed E-state index contributed by atoms with van der Waals surface area (Å²) in [5, 5.41) is 0. The second-order valence-corrected chi connectivity index (χ2v) is 11.6. The fourth-order valence-electron chi connectivity index (χ4n) is 3.55. The fraction of sp³-hybridized carbons (Fsp3) is 0.870. The SMILES string of the molecule is C=C(C)C(=O)OCCCCCCCCCCCCCC[Si](CCC)(OC)OC. The molecule has 0 aliphatic heterocycles. The number of hydrogen-bond donors (Lipinski definition) is 0. The highest BCUT2D eigenvalue weighted by atomic mass is 28.4. The second-order valence-electron chi connectivity index (χ2n) is 7.98. The van der Waals surface area contributed by atoms with E-state index in [0.29, 0.717) is 12.2 Å². The van der Waals surface area contributed by atoms with Gasteiger partial charge >= 0.3 is 14.5 Å². The van der Waals surface area contributed by atoms with Crippen LogP contribution >= 0.6 is 0 Å². The molecule has 0 saturated heterocycles. The smallest absolute Gasteiger partial charge is 0.337 e. The van der Waals surface area contributed by atoms with Crippen molar-refractivity contribution in [1.29, 1.82) is 0 Å². The van der Waals surface area contributed by atoms with Gasteiger partial charge in [-0.1, -0.05) is 90.6 Å². The zero-order valence-electron chi connectivity index (χ0n) is 19.2. The second kappa shape index (κ2) is 18.4. The quantitative estimate of drug-likeness (QED) is 0.0937. The van der Waals surface area contributed by atoms with Crippen molar-refractivity contribution in [2.45, 2.75) is 109 Å². The summed E-state index contributed by atoms with van der Waals surface area (Å²) >= 11 is 0. The summed E-state index contributed by atoms with van der Waals surface area (Å²) in [5.41, 5.74) is 0.483. The maximum absolute atomic E-state index is 11.2. The average Bonchev–Trinajstić information content (AvgIpc) is 2.69. The predicted molar refractivity (Wildman–Crippen MR) is 121 cm³/mol. The van der Waals surface area contributed by atoms with Gasteiger partial charge in [0.1, 0.15) is 0 Å². The van der Waals surface area contributed by atoms with E-state index in [4.69, 9.17) is 13.6 Å². The molecule has 0 saturated carbocycles. The van der Waals surface area contributed by atoms with E-state index >= 15 is 0 Å². The normalized spacial score (nSPS) is 11.6. The Morgan fingerprint density at radius 1 is 0.750 bits per heavy atom. The van der Waals surface area contributed by atoms with Crippen molar-refractivity contribution >= 4 is 14.5 Å². The molecule has 0 radical (unpaired) electrons. The zero-order valence-corrected chi connectivity index (χ0v) is 20.2. The third kappa shape index (κ3) is 14.4. The summed E-state index contributed by atoms with van der Waals surface area (Å²) in [5.74, 6) is -0.264. The topological polar surface area (TPSA) is 44.8 Å². The predicted octanol–water partition coefficient (Wildman–Crippen LogP) is 6.93. The van der Waals surface area contributed by atoms with Gasteiger partial charge in [0.05, 0.1) is 6.61 Å². The van der Waals surface area contributed by atoms with Gasteiger partial charge in [0.25, 0.3) is 0 Å². The maximum Gasteiger partial charge on any atom is 0.337 e. The number of ether oxygens (including phenoxy) is 1. The van der Waals surface area contributed by atoms with Gasteiger partial charge in [-0.25, -0.2) is 4.79 Å². The fourth-order valence-corrected chi connectivity index (χ4v) is 6.33. The number of rotatable bonds is 20. The maximum atomic E-state index is 11.2. The molecule has 0 fully saturated rings. The third-order valence-electron chi connectivity index (χ3n) is 5.41. The molecule has 0 aromatic rings. The van der Waals surface area contributed by atoms with Crippen LogP contribution in [0.5, 0.6) is 0 Å². The monoisotopic (exact) mass is 414 g/mol. The summed E-state index contributed by atoms with van der Waals surface area (Å²) in [7, 11) is 1.76. The highest BCUT2D eigenvalue weighted by Crippen LogP contribution is 2.23. The van der Waals surface area contributed by atoms with E-state index in [1.165, 1.54) is 64.2 Å². The number of unbranched alkanes of at least 4 members (excludes halogenated alkanes) is 11. The van der Waals surface area contributed by atoms with Gasteiger partial charge in [0.2, 0.25) is 0 Å². The molecule has 0 aliphatic carbocycles. The van der Waals surface area contributed by atoms with Gasteiger partial charge in [0, 0.05) is 19.8 Å². The van der Waals surface area contributed by atoms with Crippen LogP contribution in [0.1, 0.15) is 97.3 Å². The lowest BCUT2D eigenvalue weighted by atomic mass is 10.1. The summed E-state index contributed by atoms with van der Waals surface area (Å²) < 4.78 is 16.6. The Labute approximate surface area is 175 Å². The molecule has 0 aromatic heterocycles. The van der Waals surface area contributed by atoms with Gasteiger partial charge in [-0.15, -0.1) is 0 Å². The zero-order chi connectivity index (χ0) is 21.1. The first-order valence-electron chi connectivity index (χ1n) is 11.4. The van der Waals surface area contributed by atoms with Crippen molar-refractivity contribution in [3.05, 3.63) is 12.2 Å². The highest BCUT2D eigenvalue weighted by molar-refractivity contribution is 6.67. The molecule has 0 unspecified atom stereocenters. The molecule has 0 aromatic carbocycles. The molecule has 0 atom stereocenters.